The Hall–Kier alpha value is -1.05. The average molecular weight is 218 g/mol. The van der Waals surface area contributed by atoms with Crippen LogP contribution in [0.25, 0.3) is 0 Å². The van der Waals surface area contributed by atoms with Crippen molar-refractivity contribution in [3.05, 3.63) is 0 Å². The van der Waals surface area contributed by atoms with Crippen LogP contribution in [0.15, 0.2) is 0 Å². The predicted octanol–water partition coefficient (Wildman–Crippen LogP) is 1.79. The summed E-state index contributed by atoms with van der Waals surface area (Å²) in [5.41, 5.74) is 1.74. The van der Waals surface area contributed by atoms with Crippen LogP contribution in [0.2, 0.25) is 0 Å². The minimum absolute atomic E-state index is 0.142. The molecule has 4 nitrogen and oxygen atoms in total. The van der Waals surface area contributed by atoms with Crippen molar-refractivity contribution < 1.29 is 27.5 Å². The summed E-state index contributed by atoms with van der Waals surface area (Å²) in [4.78, 5) is 9.78. The van der Waals surface area contributed by atoms with Gasteiger partial charge in [0.1, 0.15) is 0 Å². The van der Waals surface area contributed by atoms with E-state index in [1.165, 1.54) is 6.92 Å². The van der Waals surface area contributed by atoms with E-state index < -0.39 is 24.5 Å². The molecule has 0 rings (SSSR count). The minimum Gasteiger partial charge on any atom is -0.464 e. The second-order valence-corrected chi connectivity index (χ2v) is 2.58. The van der Waals surface area contributed by atoms with Crippen molar-refractivity contribution in [2.45, 2.75) is 31.7 Å². The van der Waals surface area contributed by atoms with Crippen LogP contribution in [0.5, 0.6) is 0 Å². The molecule has 0 aromatic carbocycles. The summed E-state index contributed by atoms with van der Waals surface area (Å²) in [7, 11) is 0. The zero-order chi connectivity index (χ0) is 11.4. The lowest BCUT2D eigenvalue weighted by atomic mass is 10.1. The fourth-order valence-corrected chi connectivity index (χ4v) is 0.694. The molecule has 3 N–H and O–H groups in total. The number of carbonyl (C=O) groups is 1. The number of carboxylic acid groups (broad SMARTS) is 1. The van der Waals surface area contributed by atoms with Crippen molar-refractivity contribution >= 4 is 6.09 Å². The van der Waals surface area contributed by atoms with Crippen molar-refractivity contribution in [2.24, 2.45) is 0 Å². The van der Waals surface area contributed by atoms with Gasteiger partial charge >= 0.3 is 18.1 Å². The predicted molar refractivity (Wildman–Crippen MR) is 39.1 cm³/mol. The van der Waals surface area contributed by atoms with Gasteiger partial charge in [0.05, 0.1) is 0 Å². The Kier molecular flexibility index (Phi) is 4.11. The van der Waals surface area contributed by atoms with Gasteiger partial charge in [-0.15, -0.1) is 0 Å². The fourth-order valence-electron chi connectivity index (χ4n) is 0.694. The lowest BCUT2D eigenvalue weighted by molar-refractivity contribution is -0.233. The number of halogens is 4. The highest BCUT2D eigenvalue weighted by atomic mass is 19.3. The lowest BCUT2D eigenvalue weighted by Gasteiger charge is -2.26. The smallest absolute Gasteiger partial charge is 0.419 e. The molecular formula is C6H10F4N2O2. The molecule has 0 bridgehead atoms. The number of nitrogens with one attached hydrogen (secondary N) is 2. The largest absolute Gasteiger partial charge is 0.464 e. The van der Waals surface area contributed by atoms with Crippen molar-refractivity contribution in [1.29, 1.82) is 0 Å². The molecule has 0 heterocycles. The van der Waals surface area contributed by atoms with E-state index in [4.69, 9.17) is 5.11 Å². The molecule has 0 aromatic heterocycles. The maximum Gasteiger partial charge on any atom is 0.419 e. The van der Waals surface area contributed by atoms with Crippen LogP contribution in [0.4, 0.5) is 22.4 Å². The Morgan fingerprint density at radius 3 is 2.21 bits per heavy atom. The zero-order valence-electron chi connectivity index (χ0n) is 7.28. The van der Waals surface area contributed by atoms with E-state index in [1.54, 1.807) is 0 Å². The van der Waals surface area contributed by atoms with Crippen molar-refractivity contribution in [2.75, 3.05) is 0 Å². The minimum atomic E-state index is -4.60. The third-order valence-electron chi connectivity index (χ3n) is 1.35. The summed E-state index contributed by atoms with van der Waals surface area (Å²) >= 11 is 0. The molecule has 0 radical (unpaired) electrons. The van der Waals surface area contributed by atoms with Gasteiger partial charge in [-0.3, -0.25) is 5.43 Å². The highest BCUT2D eigenvalue weighted by Gasteiger charge is 2.55. The number of hydrazine groups is 1. The molecule has 84 valence electrons. The lowest BCUT2D eigenvalue weighted by Crippen LogP contribution is -2.58. The molecule has 0 unspecified atom stereocenters. The van der Waals surface area contributed by atoms with Crippen LogP contribution in [-0.2, 0) is 0 Å². The average Bonchev–Trinajstić information content (AvgIpc) is 2.00. The van der Waals surface area contributed by atoms with Gasteiger partial charge in [-0.1, -0.05) is 13.3 Å². The second-order valence-electron chi connectivity index (χ2n) is 2.58. The summed E-state index contributed by atoms with van der Waals surface area (Å²) in [5.74, 6) is -4.29. The number of hydrogen-bond acceptors (Lipinski definition) is 2. The van der Waals surface area contributed by atoms with Crippen LogP contribution in [0, 0.1) is 0 Å². The first-order valence-corrected chi connectivity index (χ1v) is 3.74. The first kappa shape index (κ1) is 12.9. The molecule has 0 atom stereocenters. The van der Waals surface area contributed by atoms with Crippen LogP contribution in [-0.4, -0.2) is 23.2 Å². The van der Waals surface area contributed by atoms with E-state index in [1.807, 2.05) is 0 Å². The molecule has 0 aliphatic rings. The summed E-state index contributed by atoms with van der Waals surface area (Å²) < 4.78 is 50.3. The second kappa shape index (κ2) is 4.45. The highest BCUT2D eigenvalue weighted by Crippen LogP contribution is 2.35. The van der Waals surface area contributed by atoms with E-state index in [9.17, 15) is 22.4 Å². The quantitative estimate of drug-likeness (QED) is 0.374. The zero-order valence-corrected chi connectivity index (χ0v) is 7.28. The maximum absolute atomic E-state index is 12.6. The molecule has 0 aromatic rings. The van der Waals surface area contributed by atoms with Crippen LogP contribution >= 0.6 is 0 Å². The third kappa shape index (κ3) is 3.36. The van der Waals surface area contributed by atoms with Gasteiger partial charge in [0.25, 0.3) is 0 Å². The van der Waals surface area contributed by atoms with Gasteiger partial charge in [-0.25, -0.2) is 4.79 Å². The van der Waals surface area contributed by atoms with Crippen molar-refractivity contribution in [3.8, 4) is 0 Å². The molecule has 0 saturated carbocycles. The molecular weight excluding hydrogens is 208 g/mol. The van der Waals surface area contributed by atoms with Gasteiger partial charge < -0.3 is 5.11 Å². The van der Waals surface area contributed by atoms with Crippen molar-refractivity contribution in [3.63, 3.8) is 0 Å². The number of alkyl halides is 4. The van der Waals surface area contributed by atoms with Gasteiger partial charge in [0, 0.05) is 6.42 Å². The van der Waals surface area contributed by atoms with Gasteiger partial charge in [0.2, 0.25) is 0 Å². The van der Waals surface area contributed by atoms with E-state index in [2.05, 4.69) is 0 Å². The molecule has 8 heteroatoms. The topological polar surface area (TPSA) is 61.4 Å². The monoisotopic (exact) mass is 218 g/mol. The van der Waals surface area contributed by atoms with E-state index in [0.29, 0.717) is 0 Å². The van der Waals surface area contributed by atoms with Crippen molar-refractivity contribution in [1.82, 2.24) is 10.9 Å². The van der Waals surface area contributed by atoms with Gasteiger partial charge in [0.15, 0.2) is 0 Å². The molecule has 14 heavy (non-hydrogen) atoms. The molecule has 0 spiro atoms. The Morgan fingerprint density at radius 1 is 1.36 bits per heavy atom. The normalized spacial score (nSPS) is 12.6. The summed E-state index contributed by atoms with van der Waals surface area (Å²) in [6.45, 7) is 1.31. The Balaban J connectivity index is 4.34. The fraction of sp³-hybridized carbons (Fsp3) is 0.833. The maximum atomic E-state index is 12.6. The summed E-state index contributed by atoms with van der Waals surface area (Å²) in [5, 5.41) is 7.92. The van der Waals surface area contributed by atoms with Crippen LogP contribution < -0.4 is 10.9 Å². The SMILES string of the molecule is CCCC(F)(F)C(F)(F)NNC(=O)O. The van der Waals surface area contributed by atoms with Crippen LogP contribution in [0.1, 0.15) is 19.8 Å². The van der Waals surface area contributed by atoms with E-state index in [0.717, 1.165) is 10.9 Å². The highest BCUT2D eigenvalue weighted by molar-refractivity contribution is 5.63. The molecule has 0 fully saturated rings. The standard InChI is InChI=1S/C6H10F4N2O2/c1-2-3-5(7,8)6(9,10)12-11-4(13)14/h11-12H,2-3H2,1H3,(H,13,14). The van der Waals surface area contributed by atoms with Gasteiger partial charge in [-0.2, -0.15) is 23.0 Å². The number of rotatable bonds is 5. The number of hydrogen-bond donors (Lipinski definition) is 3. The first-order valence-electron chi connectivity index (χ1n) is 3.74. The Bertz CT molecular complexity index is 210. The Morgan fingerprint density at radius 2 is 1.86 bits per heavy atom. The van der Waals surface area contributed by atoms with Gasteiger partial charge in [-0.05, 0) is 0 Å². The third-order valence-corrected chi connectivity index (χ3v) is 1.35. The summed E-state index contributed by atoms with van der Waals surface area (Å²) in [6.07, 6.45) is -3.04. The first-order chi connectivity index (χ1) is 6.23. The van der Waals surface area contributed by atoms with E-state index >= 15 is 0 Å². The molecule has 1 amide bonds. The van der Waals surface area contributed by atoms with E-state index in [-0.39, 0.29) is 6.42 Å². The Labute approximate surface area is 77.3 Å². The molecule has 0 aliphatic carbocycles. The number of amides is 1. The molecule has 0 saturated heterocycles. The summed E-state index contributed by atoms with van der Waals surface area (Å²) in [6, 6.07) is -4.60. The molecule has 0 aliphatic heterocycles. The van der Waals surface area contributed by atoms with Crippen LogP contribution in [0.3, 0.4) is 0 Å².